The van der Waals surface area contributed by atoms with E-state index in [1.54, 1.807) is 44.2 Å². The van der Waals surface area contributed by atoms with Crippen molar-refractivity contribution < 1.29 is 37.7 Å². The molecule has 2 saturated heterocycles. The van der Waals surface area contributed by atoms with Gasteiger partial charge in [-0.05, 0) is 39.0 Å². The number of nitrogens with one attached hydrogen (secondary N) is 1. The van der Waals surface area contributed by atoms with Crippen LogP contribution in [0.25, 0.3) is 0 Å². The van der Waals surface area contributed by atoms with Crippen molar-refractivity contribution >= 4 is 19.5 Å². The predicted molar refractivity (Wildman–Crippen MR) is 126 cm³/mol. The zero-order valence-electron chi connectivity index (χ0n) is 20.0. The third kappa shape index (κ3) is 5.46. The highest BCUT2D eigenvalue weighted by atomic mass is 31.2. The highest BCUT2D eigenvalue weighted by Gasteiger charge is 2.62. The minimum atomic E-state index is -4.21. The van der Waals surface area contributed by atoms with Crippen LogP contribution >= 0.6 is 7.75 Å². The molecule has 1 aromatic carbocycles. The normalized spacial score (nSPS) is 27.5. The molecule has 2 aromatic rings. The molecular weight excluding hydrogens is 495 g/mol. The first-order valence-corrected chi connectivity index (χ1v) is 12.9. The maximum Gasteiger partial charge on any atom is 0.459 e. The summed E-state index contributed by atoms with van der Waals surface area (Å²) < 4.78 is 43.0. The molecule has 0 aliphatic carbocycles. The fourth-order valence-electron chi connectivity index (χ4n) is 3.89. The SMILES string of the molecule is CC(C)OC(=O)[C@H](C)NP(=O)(OCC12CO[C@@H]([C@H](n3ccc(N)nc3=O)O1)[C@@H]2O)Oc1ccccc1. The molecule has 2 fully saturated rings. The fourth-order valence-corrected chi connectivity index (χ4v) is 5.43. The number of hydrogen-bond acceptors (Lipinski definition) is 11. The van der Waals surface area contributed by atoms with E-state index in [-0.39, 0.29) is 24.3 Å². The number of carbonyl (C=O) groups excluding carboxylic acids is 1. The molecule has 36 heavy (non-hydrogen) atoms. The Labute approximate surface area is 207 Å². The third-order valence-corrected chi connectivity index (χ3v) is 7.26. The molecule has 4 rings (SSSR count). The molecule has 13 nitrogen and oxygen atoms in total. The summed E-state index contributed by atoms with van der Waals surface area (Å²) in [5.41, 5.74) is 3.40. The van der Waals surface area contributed by atoms with E-state index in [4.69, 9.17) is 29.0 Å². The average Bonchev–Trinajstić information content (AvgIpc) is 3.27. The van der Waals surface area contributed by atoms with Gasteiger partial charge in [0, 0.05) is 6.20 Å². The van der Waals surface area contributed by atoms with Crippen LogP contribution in [-0.2, 0) is 28.1 Å². The van der Waals surface area contributed by atoms with E-state index in [0.29, 0.717) is 0 Å². The lowest BCUT2D eigenvalue weighted by Gasteiger charge is -2.32. The van der Waals surface area contributed by atoms with Crippen LogP contribution in [0.1, 0.15) is 27.0 Å². The quantitative estimate of drug-likeness (QED) is 0.297. The molecule has 14 heteroatoms. The summed E-state index contributed by atoms with van der Waals surface area (Å²) in [5, 5.41) is 13.5. The summed E-state index contributed by atoms with van der Waals surface area (Å²) in [6.45, 7) is 4.30. The Bertz CT molecular complexity index is 1190. The van der Waals surface area contributed by atoms with Crippen molar-refractivity contribution in [3.8, 4) is 5.75 Å². The van der Waals surface area contributed by atoms with Gasteiger partial charge in [-0.3, -0.25) is 13.9 Å². The van der Waals surface area contributed by atoms with Crippen LogP contribution in [0.5, 0.6) is 5.75 Å². The van der Waals surface area contributed by atoms with Crippen LogP contribution in [-0.4, -0.2) is 63.8 Å². The van der Waals surface area contributed by atoms with E-state index in [0.717, 1.165) is 4.57 Å². The number of aromatic nitrogens is 2. The van der Waals surface area contributed by atoms with Crippen LogP contribution < -0.4 is 21.0 Å². The van der Waals surface area contributed by atoms with Gasteiger partial charge in [0.1, 0.15) is 35.4 Å². The molecular formula is C22H29N4O9P. The second kappa shape index (κ2) is 10.3. The van der Waals surface area contributed by atoms with Crippen molar-refractivity contribution in [1.82, 2.24) is 14.6 Å². The van der Waals surface area contributed by atoms with E-state index in [1.165, 1.54) is 19.2 Å². The largest absolute Gasteiger partial charge is 0.462 e. The molecule has 0 saturated carbocycles. The highest BCUT2D eigenvalue weighted by molar-refractivity contribution is 7.52. The van der Waals surface area contributed by atoms with Gasteiger partial charge < -0.3 is 29.6 Å². The number of carbonyl (C=O) groups is 1. The molecule has 0 amide bonds. The Balaban J connectivity index is 1.53. The lowest BCUT2D eigenvalue weighted by Crippen LogP contribution is -2.46. The number of benzene rings is 1. The summed E-state index contributed by atoms with van der Waals surface area (Å²) in [6.07, 6.45) is -2.14. The van der Waals surface area contributed by atoms with Gasteiger partial charge in [-0.25, -0.2) is 9.36 Å². The van der Waals surface area contributed by atoms with Crippen LogP contribution in [0.15, 0.2) is 47.4 Å². The van der Waals surface area contributed by atoms with Crippen molar-refractivity contribution in [1.29, 1.82) is 0 Å². The number of ether oxygens (including phenoxy) is 3. The fraction of sp³-hybridized carbons (Fsp3) is 0.500. The lowest BCUT2D eigenvalue weighted by molar-refractivity contribution is -0.185. The van der Waals surface area contributed by atoms with Crippen LogP contribution in [0.4, 0.5) is 5.82 Å². The van der Waals surface area contributed by atoms with Crippen LogP contribution in [0.2, 0.25) is 0 Å². The van der Waals surface area contributed by atoms with Gasteiger partial charge in [-0.15, -0.1) is 0 Å². The first-order chi connectivity index (χ1) is 17.0. The number of anilines is 1. The molecule has 2 bridgehead atoms. The number of aliphatic hydroxyl groups is 1. The average molecular weight is 524 g/mol. The Hall–Kier alpha value is -2.80. The molecule has 1 aromatic heterocycles. The maximum atomic E-state index is 13.7. The minimum absolute atomic E-state index is 0.0362. The second-order valence-electron chi connectivity index (χ2n) is 8.85. The number of hydrogen-bond donors (Lipinski definition) is 3. The maximum absolute atomic E-state index is 13.7. The Morgan fingerprint density at radius 3 is 2.72 bits per heavy atom. The van der Waals surface area contributed by atoms with Gasteiger partial charge in [-0.2, -0.15) is 10.1 Å². The first-order valence-electron chi connectivity index (χ1n) is 11.3. The summed E-state index contributed by atoms with van der Waals surface area (Å²) >= 11 is 0. The highest BCUT2D eigenvalue weighted by Crippen LogP contribution is 2.50. The summed E-state index contributed by atoms with van der Waals surface area (Å²) in [6, 6.07) is 8.61. The van der Waals surface area contributed by atoms with E-state index >= 15 is 0 Å². The zero-order valence-corrected chi connectivity index (χ0v) is 20.9. The molecule has 2 aliphatic heterocycles. The number of rotatable bonds is 10. The van der Waals surface area contributed by atoms with E-state index < -0.39 is 56.1 Å². The standard InChI is InChI=1S/C22H29N4O9P/c1-13(2)33-20(28)14(3)25-36(30,35-15-7-5-4-6-8-15)32-12-22-11-31-17(18(22)27)19(34-22)26-10-9-16(23)24-21(26)29/h4-10,13-14,17-19,27H,11-12H2,1-3H3,(H,25,30)(H2,23,24,29)/t14-,17+,18-,19+,22?,36?/m0/s1. The Morgan fingerprint density at radius 2 is 2.06 bits per heavy atom. The van der Waals surface area contributed by atoms with E-state index in [1.807, 2.05) is 0 Å². The van der Waals surface area contributed by atoms with Gasteiger partial charge in [0.2, 0.25) is 0 Å². The van der Waals surface area contributed by atoms with Gasteiger partial charge in [0.25, 0.3) is 0 Å². The monoisotopic (exact) mass is 524 g/mol. The molecule has 0 spiro atoms. The smallest absolute Gasteiger partial charge is 0.459 e. The summed E-state index contributed by atoms with van der Waals surface area (Å²) in [5.74, 6) is -0.393. The van der Waals surface area contributed by atoms with Crippen molar-refractivity contribution in [2.75, 3.05) is 18.9 Å². The van der Waals surface area contributed by atoms with Crippen molar-refractivity contribution in [3.63, 3.8) is 0 Å². The van der Waals surface area contributed by atoms with Gasteiger partial charge in [-0.1, -0.05) is 18.2 Å². The second-order valence-corrected chi connectivity index (χ2v) is 10.5. The number of esters is 1. The van der Waals surface area contributed by atoms with Crippen LogP contribution in [0, 0.1) is 0 Å². The number of fused-ring (bicyclic) bond motifs is 2. The van der Waals surface area contributed by atoms with E-state index in [9.17, 15) is 19.3 Å². The topological polar surface area (TPSA) is 173 Å². The molecule has 2 aliphatic rings. The predicted octanol–water partition coefficient (Wildman–Crippen LogP) is 0.986. The summed E-state index contributed by atoms with van der Waals surface area (Å²) in [4.78, 5) is 28.3. The molecule has 2 unspecified atom stereocenters. The number of nitrogen functional groups attached to an aromatic ring is 1. The Kier molecular flexibility index (Phi) is 7.51. The lowest BCUT2D eigenvalue weighted by atomic mass is 10.0. The first kappa shape index (κ1) is 26.3. The third-order valence-electron chi connectivity index (χ3n) is 5.64. The number of nitrogens with two attached hydrogens (primary N) is 1. The minimum Gasteiger partial charge on any atom is -0.462 e. The van der Waals surface area contributed by atoms with Crippen molar-refractivity contribution in [3.05, 3.63) is 53.1 Å². The number of aliphatic hydroxyl groups excluding tert-OH is 1. The van der Waals surface area contributed by atoms with E-state index in [2.05, 4.69) is 10.1 Å². The molecule has 3 heterocycles. The van der Waals surface area contributed by atoms with Crippen molar-refractivity contribution in [2.24, 2.45) is 0 Å². The molecule has 196 valence electrons. The number of nitrogens with zero attached hydrogens (tertiary/aromatic N) is 2. The molecule has 6 atom stereocenters. The summed E-state index contributed by atoms with van der Waals surface area (Å²) in [7, 11) is -4.21. The van der Waals surface area contributed by atoms with Crippen LogP contribution in [0.3, 0.4) is 0 Å². The van der Waals surface area contributed by atoms with Gasteiger partial charge in [0.15, 0.2) is 6.23 Å². The molecule has 4 N–H and O–H groups in total. The molecule has 0 radical (unpaired) electrons. The number of para-hydroxylation sites is 1. The van der Waals surface area contributed by atoms with Gasteiger partial charge >= 0.3 is 19.4 Å². The zero-order chi connectivity index (χ0) is 26.1. The Morgan fingerprint density at radius 1 is 1.33 bits per heavy atom. The van der Waals surface area contributed by atoms with Crippen molar-refractivity contribution in [2.45, 2.75) is 57.0 Å². The van der Waals surface area contributed by atoms with Gasteiger partial charge in [0.05, 0.1) is 19.3 Å².